The fourth-order valence-corrected chi connectivity index (χ4v) is 4.20. The van der Waals surface area contributed by atoms with Crippen molar-refractivity contribution in [3.05, 3.63) is 86.6 Å². The highest BCUT2D eigenvalue weighted by Crippen LogP contribution is 2.31. The zero-order valence-electron chi connectivity index (χ0n) is 14.7. The molecule has 27 heavy (non-hydrogen) atoms. The van der Waals surface area contributed by atoms with Gasteiger partial charge in [-0.15, -0.1) is 11.3 Å². The lowest BCUT2D eigenvalue weighted by Crippen LogP contribution is -2.28. The van der Waals surface area contributed by atoms with Gasteiger partial charge in [0.15, 0.2) is 0 Å². The maximum Gasteiger partial charge on any atom is 0.268 e. The summed E-state index contributed by atoms with van der Waals surface area (Å²) in [5.41, 5.74) is 4.00. The Hall–Kier alpha value is -2.43. The third-order valence-corrected chi connectivity index (χ3v) is 5.85. The Labute approximate surface area is 167 Å². The molecule has 5 heteroatoms. The first-order valence-electron chi connectivity index (χ1n) is 8.83. The number of rotatable bonds is 5. The van der Waals surface area contributed by atoms with Crippen LogP contribution in [0, 0.1) is 0 Å². The van der Waals surface area contributed by atoms with Crippen molar-refractivity contribution in [3.63, 3.8) is 0 Å². The summed E-state index contributed by atoms with van der Waals surface area (Å²) in [4.78, 5) is 27.8. The van der Waals surface area contributed by atoms with Gasteiger partial charge in [0, 0.05) is 30.1 Å². The molecular formula is C22H18ClNO2S. The van der Waals surface area contributed by atoms with Crippen LogP contribution in [0.1, 0.15) is 26.4 Å². The smallest absolute Gasteiger partial charge is 0.268 e. The Morgan fingerprint density at radius 1 is 1.00 bits per heavy atom. The number of anilines is 1. The molecule has 1 aliphatic heterocycles. The number of hydrogen-bond donors (Lipinski definition) is 0. The Balaban J connectivity index is 1.49. The largest absolute Gasteiger partial charge is 0.307 e. The number of fused-ring (bicyclic) bond motifs is 1. The normalized spacial score (nSPS) is 12.9. The van der Waals surface area contributed by atoms with Gasteiger partial charge in [0.25, 0.3) is 5.91 Å². The van der Waals surface area contributed by atoms with Crippen LogP contribution in [0.25, 0.3) is 0 Å². The quantitative estimate of drug-likeness (QED) is 0.612. The molecule has 0 N–H and O–H groups in total. The molecule has 0 radical (unpaired) electrons. The fourth-order valence-electron chi connectivity index (χ4n) is 3.40. The molecule has 0 unspecified atom stereocenters. The van der Waals surface area contributed by atoms with E-state index in [1.54, 1.807) is 12.1 Å². The predicted molar refractivity (Wildman–Crippen MR) is 110 cm³/mol. The van der Waals surface area contributed by atoms with Crippen LogP contribution in [0.15, 0.2) is 60.0 Å². The van der Waals surface area contributed by atoms with E-state index in [-0.39, 0.29) is 11.7 Å². The molecule has 1 aliphatic rings. The highest BCUT2D eigenvalue weighted by molar-refractivity contribution is 7.12. The molecular weight excluding hydrogens is 378 g/mol. The summed E-state index contributed by atoms with van der Waals surface area (Å²) in [6.07, 6.45) is 1.59. The highest BCUT2D eigenvalue weighted by Gasteiger charge is 2.26. The van der Waals surface area contributed by atoms with E-state index < -0.39 is 0 Å². The molecule has 136 valence electrons. The zero-order chi connectivity index (χ0) is 18.8. The number of nitrogens with zero attached hydrogens (tertiary/aromatic N) is 1. The molecule has 0 aliphatic carbocycles. The first-order valence-corrected chi connectivity index (χ1v) is 10.1. The van der Waals surface area contributed by atoms with Crippen LogP contribution in [0.2, 0.25) is 5.02 Å². The Bertz CT molecular complexity index is 980. The number of ketones is 1. The van der Waals surface area contributed by atoms with Crippen LogP contribution in [0.3, 0.4) is 0 Å². The molecule has 1 amide bonds. The maximum absolute atomic E-state index is 12.7. The predicted octanol–water partition coefficient (Wildman–Crippen LogP) is 4.96. The SMILES string of the molecule is O=C(Cc1ccc(Cl)cc1)Cc1ccc2c(c1)N(C(=O)c1cccs1)CC2. The molecule has 2 heterocycles. The molecule has 0 saturated carbocycles. The number of Topliss-reactive ketones (excluding diaryl/α,β-unsaturated/α-hetero) is 1. The number of hydrogen-bond acceptors (Lipinski definition) is 3. The fraction of sp³-hybridized carbons (Fsp3) is 0.182. The lowest BCUT2D eigenvalue weighted by molar-refractivity contribution is -0.117. The van der Waals surface area contributed by atoms with Crippen molar-refractivity contribution in [3.8, 4) is 0 Å². The van der Waals surface area contributed by atoms with Crippen LogP contribution in [-0.2, 0) is 24.1 Å². The van der Waals surface area contributed by atoms with Gasteiger partial charge >= 0.3 is 0 Å². The van der Waals surface area contributed by atoms with Crippen LogP contribution in [0.5, 0.6) is 0 Å². The third kappa shape index (κ3) is 3.97. The number of carbonyl (C=O) groups excluding carboxylic acids is 2. The molecule has 2 aromatic carbocycles. The molecule has 3 aromatic rings. The summed E-state index contributed by atoms with van der Waals surface area (Å²) < 4.78 is 0. The summed E-state index contributed by atoms with van der Waals surface area (Å²) in [5, 5.41) is 2.58. The number of halogens is 1. The van der Waals surface area contributed by atoms with Gasteiger partial charge in [-0.3, -0.25) is 9.59 Å². The van der Waals surface area contributed by atoms with Gasteiger partial charge in [-0.25, -0.2) is 0 Å². The van der Waals surface area contributed by atoms with Gasteiger partial charge in [0.05, 0.1) is 4.88 Å². The zero-order valence-corrected chi connectivity index (χ0v) is 16.2. The number of amides is 1. The van der Waals surface area contributed by atoms with Crippen molar-refractivity contribution in [2.24, 2.45) is 0 Å². The van der Waals surface area contributed by atoms with Gasteiger partial charge in [-0.05, 0) is 52.8 Å². The lowest BCUT2D eigenvalue weighted by Gasteiger charge is -2.17. The Kier molecular flexibility index (Phi) is 5.10. The Morgan fingerprint density at radius 2 is 1.74 bits per heavy atom. The molecule has 0 atom stereocenters. The molecule has 0 fully saturated rings. The second-order valence-electron chi connectivity index (χ2n) is 6.67. The minimum atomic E-state index is 0.0355. The third-order valence-electron chi connectivity index (χ3n) is 4.74. The van der Waals surface area contributed by atoms with E-state index in [4.69, 9.17) is 11.6 Å². The van der Waals surface area contributed by atoms with E-state index in [2.05, 4.69) is 0 Å². The van der Waals surface area contributed by atoms with Gasteiger partial charge in [0.1, 0.15) is 5.78 Å². The molecule has 1 aromatic heterocycles. The van der Waals surface area contributed by atoms with Crippen molar-refractivity contribution >= 4 is 40.3 Å². The summed E-state index contributed by atoms with van der Waals surface area (Å²) in [6.45, 7) is 0.689. The van der Waals surface area contributed by atoms with Crippen molar-refractivity contribution in [2.75, 3.05) is 11.4 Å². The average molecular weight is 396 g/mol. The molecule has 4 rings (SSSR count). The second-order valence-corrected chi connectivity index (χ2v) is 8.05. The Morgan fingerprint density at radius 3 is 2.48 bits per heavy atom. The summed E-state index contributed by atoms with van der Waals surface area (Å²) in [7, 11) is 0. The lowest BCUT2D eigenvalue weighted by atomic mass is 10.0. The van der Waals surface area contributed by atoms with Crippen LogP contribution >= 0.6 is 22.9 Å². The van der Waals surface area contributed by atoms with Gasteiger partial charge < -0.3 is 4.90 Å². The van der Waals surface area contributed by atoms with Gasteiger partial charge in [-0.1, -0.05) is 41.9 Å². The summed E-state index contributed by atoms with van der Waals surface area (Å²) >= 11 is 7.35. The number of carbonyl (C=O) groups is 2. The monoisotopic (exact) mass is 395 g/mol. The minimum Gasteiger partial charge on any atom is -0.307 e. The van der Waals surface area contributed by atoms with E-state index in [0.717, 1.165) is 33.7 Å². The summed E-state index contributed by atoms with van der Waals surface area (Å²) in [6, 6.07) is 17.1. The topological polar surface area (TPSA) is 37.4 Å². The second kappa shape index (κ2) is 7.67. The standard InChI is InChI=1S/C22H18ClNO2S/c23-18-7-4-15(5-8-18)12-19(25)13-16-3-6-17-9-10-24(20(17)14-16)22(26)21-2-1-11-27-21/h1-8,11,14H,9-10,12-13H2. The molecule has 0 spiro atoms. The van der Waals surface area contributed by atoms with Crippen molar-refractivity contribution in [2.45, 2.75) is 19.3 Å². The van der Waals surface area contributed by atoms with Crippen LogP contribution in [-0.4, -0.2) is 18.2 Å². The van der Waals surface area contributed by atoms with E-state index in [9.17, 15) is 9.59 Å². The van der Waals surface area contributed by atoms with Gasteiger partial charge in [0.2, 0.25) is 0 Å². The van der Waals surface area contributed by atoms with Crippen molar-refractivity contribution < 1.29 is 9.59 Å². The molecule has 0 saturated heterocycles. The van der Waals surface area contributed by atoms with Crippen molar-refractivity contribution in [1.29, 1.82) is 0 Å². The number of benzene rings is 2. The molecule has 3 nitrogen and oxygen atoms in total. The molecule has 0 bridgehead atoms. The maximum atomic E-state index is 12.7. The van der Waals surface area contributed by atoms with Gasteiger partial charge in [-0.2, -0.15) is 0 Å². The van der Waals surface area contributed by atoms with E-state index in [1.165, 1.54) is 11.3 Å². The summed E-state index contributed by atoms with van der Waals surface area (Å²) in [5.74, 6) is 0.180. The van der Waals surface area contributed by atoms with Crippen LogP contribution in [0.4, 0.5) is 5.69 Å². The number of thiophene rings is 1. The average Bonchev–Trinajstić information content (AvgIpc) is 3.32. The van der Waals surface area contributed by atoms with Crippen molar-refractivity contribution in [1.82, 2.24) is 0 Å². The van der Waals surface area contributed by atoms with E-state index in [0.29, 0.717) is 24.4 Å². The van der Waals surface area contributed by atoms with E-state index in [1.807, 2.05) is 52.7 Å². The first kappa shape index (κ1) is 18.0. The minimum absolute atomic E-state index is 0.0355. The van der Waals surface area contributed by atoms with E-state index >= 15 is 0 Å². The van der Waals surface area contributed by atoms with Crippen LogP contribution < -0.4 is 4.90 Å². The first-order chi connectivity index (χ1) is 13.1. The highest BCUT2D eigenvalue weighted by atomic mass is 35.5.